The summed E-state index contributed by atoms with van der Waals surface area (Å²) in [5.74, 6) is 0. The molecule has 2 aromatic carbocycles. The molecule has 0 atom stereocenters. The second-order valence-electron chi connectivity index (χ2n) is 7.48. The molecule has 1 aromatic heterocycles. The first kappa shape index (κ1) is 20.0. The fourth-order valence-corrected chi connectivity index (χ4v) is 3.85. The lowest BCUT2D eigenvalue weighted by Crippen LogP contribution is -2.29. The molecular weight excluding hydrogens is 413 g/mol. The molecule has 0 bridgehead atoms. The van der Waals surface area contributed by atoms with E-state index >= 15 is 0 Å². The van der Waals surface area contributed by atoms with Gasteiger partial charge in [-0.15, -0.1) is 0 Å². The number of carbonyl (C=O) groups is 1. The van der Waals surface area contributed by atoms with Crippen molar-refractivity contribution in [3.63, 3.8) is 0 Å². The van der Waals surface area contributed by atoms with Crippen LogP contribution < -0.4 is 11.0 Å². The Hall–Kier alpha value is -2.32. The Morgan fingerprint density at radius 2 is 1.86 bits per heavy atom. The first-order valence-corrected chi connectivity index (χ1v) is 9.97. The lowest BCUT2D eigenvalue weighted by molar-refractivity contribution is 0.246. The average Bonchev–Trinajstić information content (AvgIpc) is 3.19. The van der Waals surface area contributed by atoms with Crippen LogP contribution in [0.25, 0.3) is 11.0 Å². The van der Waals surface area contributed by atoms with Gasteiger partial charge in [0.15, 0.2) is 0 Å². The van der Waals surface area contributed by atoms with Gasteiger partial charge in [-0.1, -0.05) is 29.3 Å². The van der Waals surface area contributed by atoms with Crippen LogP contribution >= 0.6 is 23.2 Å². The highest BCUT2D eigenvalue weighted by atomic mass is 35.5. The van der Waals surface area contributed by atoms with E-state index in [0.717, 1.165) is 30.7 Å². The Morgan fingerprint density at radius 1 is 1.14 bits per heavy atom. The molecule has 7 nitrogen and oxygen atoms in total. The number of likely N-dealkylation sites (N-methyl/N-ethyl adjacent to an activating group) is 1. The van der Waals surface area contributed by atoms with Crippen molar-refractivity contribution in [2.75, 3.05) is 32.5 Å². The van der Waals surface area contributed by atoms with Gasteiger partial charge in [-0.3, -0.25) is 4.90 Å². The highest BCUT2D eigenvalue weighted by molar-refractivity contribution is 6.42. The molecule has 0 saturated carbocycles. The number of imidazole rings is 1. The number of hydrogen-bond acceptors (Lipinski definition) is 4. The third-order valence-electron chi connectivity index (χ3n) is 5.04. The van der Waals surface area contributed by atoms with Crippen molar-refractivity contribution in [1.82, 2.24) is 19.4 Å². The van der Waals surface area contributed by atoms with Gasteiger partial charge in [0, 0.05) is 31.9 Å². The van der Waals surface area contributed by atoms with Gasteiger partial charge >= 0.3 is 11.7 Å². The maximum atomic E-state index is 12.8. The average molecular weight is 434 g/mol. The smallest absolute Gasteiger partial charge is 0.308 e. The number of nitrogens with zero attached hydrogens (tertiary/aromatic N) is 3. The summed E-state index contributed by atoms with van der Waals surface area (Å²) in [4.78, 5) is 32.2. The van der Waals surface area contributed by atoms with Crippen LogP contribution in [-0.2, 0) is 13.1 Å². The number of carbonyl (C=O) groups excluding carboxylic acids is 1. The molecule has 29 heavy (non-hydrogen) atoms. The number of fused-ring (bicyclic) bond motifs is 2. The van der Waals surface area contributed by atoms with Gasteiger partial charge < -0.3 is 15.2 Å². The van der Waals surface area contributed by atoms with Crippen LogP contribution in [0.3, 0.4) is 0 Å². The zero-order chi connectivity index (χ0) is 20.7. The third-order valence-corrected chi connectivity index (χ3v) is 5.76. The number of aromatic amines is 1. The minimum absolute atomic E-state index is 0.273. The summed E-state index contributed by atoms with van der Waals surface area (Å²) in [5, 5.41) is 3.39. The van der Waals surface area contributed by atoms with Crippen molar-refractivity contribution in [1.29, 1.82) is 0 Å². The number of rotatable bonds is 4. The number of aromatic nitrogens is 2. The Morgan fingerprint density at radius 3 is 2.62 bits per heavy atom. The van der Waals surface area contributed by atoms with E-state index in [2.05, 4.69) is 34.2 Å². The molecule has 152 valence electrons. The SMILES string of the molecule is CN(C)CCN1Cc2ccc(NC(=O)n3c(=O)[nH]c4cc(Cl)c(Cl)cc43)cc2C1. The molecule has 4 rings (SSSR count). The van der Waals surface area contributed by atoms with Gasteiger partial charge in [0.05, 0.1) is 21.1 Å². The quantitative estimate of drug-likeness (QED) is 0.659. The Balaban J connectivity index is 1.54. The lowest BCUT2D eigenvalue weighted by atomic mass is 10.1. The molecule has 9 heteroatoms. The molecule has 0 unspecified atom stereocenters. The second kappa shape index (κ2) is 7.84. The van der Waals surface area contributed by atoms with Crippen molar-refractivity contribution in [2.24, 2.45) is 0 Å². The first-order valence-electron chi connectivity index (χ1n) is 9.22. The maximum Gasteiger partial charge on any atom is 0.334 e. The largest absolute Gasteiger partial charge is 0.334 e. The molecule has 0 fully saturated rings. The standard InChI is InChI=1S/C20H21Cl2N5O2/c1-25(2)5-6-26-10-12-3-4-14(7-13(12)11-26)23-19(28)27-18-9-16(22)15(21)8-17(18)24-20(27)29/h3-4,7-9H,5-6,10-11H2,1-2H3,(H,23,28)(H,24,29). The number of nitrogens with one attached hydrogen (secondary N) is 2. The molecule has 0 radical (unpaired) electrons. The van der Waals surface area contributed by atoms with Crippen LogP contribution in [0, 0.1) is 0 Å². The number of anilines is 1. The van der Waals surface area contributed by atoms with Crippen molar-refractivity contribution in [2.45, 2.75) is 13.1 Å². The van der Waals surface area contributed by atoms with Gasteiger partial charge in [0.25, 0.3) is 0 Å². The van der Waals surface area contributed by atoms with E-state index in [1.54, 1.807) is 0 Å². The molecule has 1 aliphatic rings. The van der Waals surface area contributed by atoms with Crippen LogP contribution in [0.2, 0.25) is 10.0 Å². The van der Waals surface area contributed by atoms with E-state index in [4.69, 9.17) is 23.2 Å². The first-order chi connectivity index (χ1) is 13.8. The highest BCUT2D eigenvalue weighted by Crippen LogP contribution is 2.27. The molecule has 1 aliphatic heterocycles. The van der Waals surface area contributed by atoms with Crippen LogP contribution in [0.5, 0.6) is 0 Å². The molecule has 2 heterocycles. The van der Waals surface area contributed by atoms with Crippen LogP contribution in [-0.4, -0.2) is 52.6 Å². The van der Waals surface area contributed by atoms with Crippen LogP contribution in [0.1, 0.15) is 11.1 Å². The van der Waals surface area contributed by atoms with E-state index in [9.17, 15) is 9.59 Å². The van der Waals surface area contributed by atoms with E-state index in [1.807, 2.05) is 18.2 Å². The molecule has 3 aromatic rings. The Kier molecular flexibility index (Phi) is 5.40. The van der Waals surface area contributed by atoms with Gasteiger partial charge in [0.1, 0.15) is 0 Å². The molecule has 0 aliphatic carbocycles. The molecular formula is C20H21Cl2N5O2. The summed E-state index contributed by atoms with van der Waals surface area (Å²) in [6, 6.07) is 8.32. The normalized spacial score (nSPS) is 14.0. The maximum absolute atomic E-state index is 12.8. The molecule has 1 amide bonds. The van der Waals surface area contributed by atoms with E-state index < -0.39 is 11.7 Å². The number of H-pyrrole nitrogens is 1. The number of amides is 1. The second-order valence-corrected chi connectivity index (χ2v) is 8.29. The van der Waals surface area contributed by atoms with Crippen molar-refractivity contribution < 1.29 is 4.79 Å². The van der Waals surface area contributed by atoms with E-state index in [0.29, 0.717) is 21.7 Å². The zero-order valence-electron chi connectivity index (χ0n) is 16.1. The fraction of sp³-hybridized carbons (Fsp3) is 0.300. The van der Waals surface area contributed by atoms with Crippen LogP contribution in [0.4, 0.5) is 10.5 Å². The zero-order valence-corrected chi connectivity index (χ0v) is 17.6. The number of benzene rings is 2. The lowest BCUT2D eigenvalue weighted by Gasteiger charge is -2.17. The van der Waals surface area contributed by atoms with Gasteiger partial charge in [-0.25, -0.2) is 14.2 Å². The predicted octanol–water partition coefficient (Wildman–Crippen LogP) is 3.59. The number of hydrogen-bond donors (Lipinski definition) is 2. The van der Waals surface area contributed by atoms with Crippen molar-refractivity contribution in [3.05, 3.63) is 62.0 Å². The summed E-state index contributed by atoms with van der Waals surface area (Å²) < 4.78 is 1.02. The van der Waals surface area contributed by atoms with Crippen LogP contribution in [0.15, 0.2) is 35.1 Å². The highest BCUT2D eigenvalue weighted by Gasteiger charge is 2.20. The molecule has 2 N–H and O–H groups in total. The summed E-state index contributed by atoms with van der Waals surface area (Å²) in [6.45, 7) is 3.72. The third kappa shape index (κ3) is 4.04. The summed E-state index contributed by atoms with van der Waals surface area (Å²) >= 11 is 12.0. The van der Waals surface area contributed by atoms with Gasteiger partial charge in [0.2, 0.25) is 0 Å². The van der Waals surface area contributed by atoms with Gasteiger partial charge in [-0.2, -0.15) is 0 Å². The fourth-order valence-electron chi connectivity index (χ4n) is 3.53. The molecule has 0 spiro atoms. The summed E-state index contributed by atoms with van der Waals surface area (Å²) in [6.07, 6.45) is 0. The van der Waals surface area contributed by atoms with Crippen molar-refractivity contribution >= 4 is 46.0 Å². The number of halogens is 2. The van der Waals surface area contributed by atoms with E-state index in [1.165, 1.54) is 23.3 Å². The minimum atomic E-state index is -0.554. The predicted molar refractivity (Wildman–Crippen MR) is 116 cm³/mol. The Labute approximate surface area is 177 Å². The van der Waals surface area contributed by atoms with Crippen molar-refractivity contribution in [3.8, 4) is 0 Å². The summed E-state index contributed by atoms with van der Waals surface area (Å²) in [5.41, 5.74) is 3.36. The topological polar surface area (TPSA) is 73.4 Å². The Bertz CT molecular complexity index is 1150. The monoisotopic (exact) mass is 433 g/mol. The van der Waals surface area contributed by atoms with E-state index in [-0.39, 0.29) is 5.02 Å². The minimum Gasteiger partial charge on any atom is -0.308 e. The summed E-state index contributed by atoms with van der Waals surface area (Å²) in [7, 11) is 4.12. The van der Waals surface area contributed by atoms with Gasteiger partial charge in [-0.05, 0) is 49.5 Å². The molecule has 0 saturated heterocycles.